The van der Waals surface area contributed by atoms with E-state index in [2.05, 4.69) is 11.4 Å². The molecular weight excluding hydrogens is 192 g/mol. The topological polar surface area (TPSA) is 17.1 Å². The van der Waals surface area contributed by atoms with Crippen LogP contribution < -0.4 is 0 Å². The average molecular weight is 200 g/mol. The fourth-order valence-electron chi connectivity index (χ4n) is 1.92. The lowest BCUT2D eigenvalue weighted by atomic mass is 9.90. The number of ketones is 1. The quantitative estimate of drug-likeness (QED) is 0.638. The molecule has 0 saturated carbocycles. The lowest BCUT2D eigenvalue weighted by Crippen LogP contribution is -2.09. The van der Waals surface area contributed by atoms with Crippen LogP contribution in [0.2, 0.25) is 0 Å². The molecule has 0 aliphatic heterocycles. The Bertz CT molecular complexity index is 511. The maximum absolute atomic E-state index is 11.8. The van der Waals surface area contributed by atoms with Crippen LogP contribution in [0.25, 0.3) is 11.1 Å². The maximum atomic E-state index is 11.8. The van der Waals surface area contributed by atoms with E-state index in [0.717, 1.165) is 11.1 Å². The Hall–Kier alpha value is -1.41. The standard InChI is InChI=1S/C12H8OS/c13-11-7-12-10(5-6-14-12)8-3-1-2-4-9(8)11/h1-6H,7H2. The molecule has 2 heteroatoms. The van der Waals surface area contributed by atoms with Gasteiger partial charge in [0.25, 0.3) is 0 Å². The Labute approximate surface area is 86.0 Å². The van der Waals surface area contributed by atoms with Gasteiger partial charge in [-0.25, -0.2) is 0 Å². The van der Waals surface area contributed by atoms with Crippen LogP contribution in [0, 0.1) is 0 Å². The zero-order valence-corrected chi connectivity index (χ0v) is 8.30. The lowest BCUT2D eigenvalue weighted by molar-refractivity contribution is 0.0993. The van der Waals surface area contributed by atoms with E-state index in [9.17, 15) is 4.79 Å². The number of Topliss-reactive ketones (excluding diaryl/α,β-unsaturated/α-hetero) is 1. The summed E-state index contributed by atoms with van der Waals surface area (Å²) >= 11 is 1.67. The van der Waals surface area contributed by atoms with Crippen LogP contribution in [-0.4, -0.2) is 5.78 Å². The first kappa shape index (κ1) is 7.94. The van der Waals surface area contributed by atoms with Crippen molar-refractivity contribution in [2.24, 2.45) is 0 Å². The first-order chi connectivity index (χ1) is 6.86. The summed E-state index contributed by atoms with van der Waals surface area (Å²) < 4.78 is 0. The van der Waals surface area contributed by atoms with E-state index < -0.39 is 0 Å². The average Bonchev–Trinajstić information content (AvgIpc) is 2.66. The minimum absolute atomic E-state index is 0.246. The molecule has 14 heavy (non-hydrogen) atoms. The zero-order valence-electron chi connectivity index (χ0n) is 7.49. The van der Waals surface area contributed by atoms with E-state index in [1.807, 2.05) is 24.3 Å². The SMILES string of the molecule is O=C1Cc2sccc2-c2ccccc21. The van der Waals surface area contributed by atoms with Crippen LogP contribution in [0.4, 0.5) is 0 Å². The van der Waals surface area contributed by atoms with E-state index >= 15 is 0 Å². The summed E-state index contributed by atoms with van der Waals surface area (Å²) in [4.78, 5) is 13.0. The van der Waals surface area contributed by atoms with Gasteiger partial charge in [0.05, 0.1) is 0 Å². The van der Waals surface area contributed by atoms with Crippen molar-refractivity contribution in [3.05, 3.63) is 46.2 Å². The molecule has 1 aromatic carbocycles. The highest BCUT2D eigenvalue weighted by molar-refractivity contribution is 7.10. The van der Waals surface area contributed by atoms with Crippen molar-refractivity contribution in [1.29, 1.82) is 0 Å². The van der Waals surface area contributed by atoms with Crippen LogP contribution in [0.15, 0.2) is 35.7 Å². The molecule has 1 aliphatic rings. The number of thiophene rings is 1. The minimum Gasteiger partial charge on any atom is -0.294 e. The van der Waals surface area contributed by atoms with Gasteiger partial charge in [-0.2, -0.15) is 0 Å². The summed E-state index contributed by atoms with van der Waals surface area (Å²) in [6.07, 6.45) is 0.573. The number of fused-ring (bicyclic) bond motifs is 3. The Balaban J connectivity index is 2.36. The normalized spacial score (nSPS) is 13.6. The van der Waals surface area contributed by atoms with Gasteiger partial charge < -0.3 is 0 Å². The number of hydrogen-bond acceptors (Lipinski definition) is 2. The molecule has 3 rings (SSSR count). The second kappa shape index (κ2) is 2.79. The number of carbonyl (C=O) groups excluding carboxylic acids is 1. The van der Waals surface area contributed by atoms with Crippen LogP contribution in [-0.2, 0) is 6.42 Å². The molecule has 0 unspecified atom stereocenters. The van der Waals surface area contributed by atoms with Gasteiger partial charge in [0.2, 0.25) is 0 Å². The van der Waals surface area contributed by atoms with Gasteiger partial charge in [-0.1, -0.05) is 24.3 Å². The third-order valence-corrected chi connectivity index (χ3v) is 3.51. The summed E-state index contributed by atoms with van der Waals surface area (Å²) in [7, 11) is 0. The molecular formula is C12H8OS. The highest BCUT2D eigenvalue weighted by Crippen LogP contribution is 2.36. The zero-order chi connectivity index (χ0) is 9.54. The molecule has 0 atom stereocenters. The Morgan fingerprint density at radius 2 is 1.79 bits per heavy atom. The van der Waals surface area contributed by atoms with Crippen LogP contribution in [0.1, 0.15) is 15.2 Å². The summed E-state index contributed by atoms with van der Waals surface area (Å²) in [6.45, 7) is 0. The van der Waals surface area contributed by atoms with Crippen molar-refractivity contribution in [2.45, 2.75) is 6.42 Å². The molecule has 0 saturated heterocycles. The van der Waals surface area contributed by atoms with Crippen LogP contribution >= 0.6 is 11.3 Å². The summed E-state index contributed by atoms with van der Waals surface area (Å²) in [5.74, 6) is 0.246. The molecule has 1 nitrogen and oxygen atoms in total. The molecule has 1 aliphatic carbocycles. The molecule has 0 radical (unpaired) electrons. The third-order valence-electron chi connectivity index (χ3n) is 2.58. The molecule has 0 bridgehead atoms. The predicted molar refractivity (Wildman–Crippen MR) is 57.8 cm³/mol. The van der Waals surface area contributed by atoms with Crippen molar-refractivity contribution in [1.82, 2.24) is 0 Å². The number of carbonyl (C=O) groups is 1. The summed E-state index contributed by atoms with van der Waals surface area (Å²) in [5.41, 5.74) is 3.21. The molecule has 68 valence electrons. The highest BCUT2D eigenvalue weighted by atomic mass is 32.1. The van der Waals surface area contributed by atoms with Crippen molar-refractivity contribution in [3.8, 4) is 11.1 Å². The highest BCUT2D eigenvalue weighted by Gasteiger charge is 2.22. The summed E-state index contributed by atoms with van der Waals surface area (Å²) in [6, 6.07) is 9.95. The molecule has 0 spiro atoms. The van der Waals surface area contributed by atoms with E-state index in [1.165, 1.54) is 10.4 Å². The van der Waals surface area contributed by atoms with Crippen molar-refractivity contribution >= 4 is 17.1 Å². The van der Waals surface area contributed by atoms with Crippen molar-refractivity contribution in [2.75, 3.05) is 0 Å². The van der Waals surface area contributed by atoms with Gasteiger partial charge in [-0.15, -0.1) is 11.3 Å². The smallest absolute Gasteiger partial charge is 0.168 e. The number of benzene rings is 1. The third kappa shape index (κ3) is 0.976. The monoisotopic (exact) mass is 200 g/mol. The van der Waals surface area contributed by atoms with Gasteiger partial charge in [-0.05, 0) is 22.6 Å². The van der Waals surface area contributed by atoms with E-state index in [0.29, 0.717) is 6.42 Å². The summed E-state index contributed by atoms with van der Waals surface area (Å²) in [5, 5.41) is 2.06. The molecule has 0 amide bonds. The van der Waals surface area contributed by atoms with Gasteiger partial charge in [0.1, 0.15) is 0 Å². The molecule has 2 aromatic rings. The Kier molecular flexibility index (Phi) is 1.58. The number of rotatable bonds is 0. The first-order valence-corrected chi connectivity index (χ1v) is 5.43. The predicted octanol–water partition coefficient (Wildman–Crippen LogP) is 3.15. The van der Waals surface area contributed by atoms with Crippen molar-refractivity contribution < 1.29 is 4.79 Å². The molecule has 1 aromatic heterocycles. The van der Waals surface area contributed by atoms with Gasteiger partial charge in [0.15, 0.2) is 5.78 Å². The van der Waals surface area contributed by atoms with Crippen LogP contribution in [0.5, 0.6) is 0 Å². The Morgan fingerprint density at radius 3 is 2.64 bits per heavy atom. The number of hydrogen-bond donors (Lipinski definition) is 0. The van der Waals surface area contributed by atoms with Crippen LogP contribution in [0.3, 0.4) is 0 Å². The van der Waals surface area contributed by atoms with Gasteiger partial charge in [0, 0.05) is 16.9 Å². The Morgan fingerprint density at radius 1 is 1.00 bits per heavy atom. The fourth-order valence-corrected chi connectivity index (χ4v) is 2.81. The molecule has 0 fully saturated rings. The minimum atomic E-state index is 0.246. The largest absolute Gasteiger partial charge is 0.294 e. The molecule has 1 heterocycles. The van der Waals surface area contributed by atoms with Gasteiger partial charge in [-0.3, -0.25) is 4.79 Å². The van der Waals surface area contributed by atoms with E-state index in [1.54, 1.807) is 11.3 Å². The molecule has 0 N–H and O–H groups in total. The maximum Gasteiger partial charge on any atom is 0.168 e. The van der Waals surface area contributed by atoms with E-state index in [4.69, 9.17) is 0 Å². The first-order valence-electron chi connectivity index (χ1n) is 4.55. The fraction of sp³-hybridized carbons (Fsp3) is 0.0833. The second-order valence-corrected chi connectivity index (χ2v) is 4.40. The lowest BCUT2D eigenvalue weighted by Gasteiger charge is -2.14. The van der Waals surface area contributed by atoms with Crippen molar-refractivity contribution in [3.63, 3.8) is 0 Å². The second-order valence-electron chi connectivity index (χ2n) is 3.40. The van der Waals surface area contributed by atoms with Gasteiger partial charge >= 0.3 is 0 Å². The van der Waals surface area contributed by atoms with E-state index in [-0.39, 0.29) is 5.78 Å².